The Balaban J connectivity index is 1.53. The molecular weight excluding hydrogens is 414 g/mol. The van der Waals surface area contributed by atoms with Gasteiger partial charge >= 0.3 is 6.09 Å². The first-order chi connectivity index (χ1) is 15.4. The Kier molecular flexibility index (Phi) is 5.80. The van der Waals surface area contributed by atoms with Gasteiger partial charge < -0.3 is 25.0 Å². The Morgan fingerprint density at radius 1 is 1.38 bits per heavy atom. The maximum absolute atomic E-state index is 12.9. The van der Waals surface area contributed by atoms with E-state index >= 15 is 0 Å². The predicted octanol–water partition coefficient (Wildman–Crippen LogP) is 2.27. The average Bonchev–Trinajstić information content (AvgIpc) is 3.39. The smallest absolute Gasteiger partial charge is 0.407 e. The molecule has 1 atom stereocenters. The topological polar surface area (TPSA) is 125 Å². The van der Waals surface area contributed by atoms with Gasteiger partial charge in [-0.15, -0.1) is 0 Å². The van der Waals surface area contributed by atoms with Crippen LogP contribution in [-0.4, -0.2) is 74.4 Å². The number of rotatable bonds is 6. The van der Waals surface area contributed by atoms with E-state index < -0.39 is 6.09 Å². The number of fused-ring (bicyclic) bond motifs is 1. The fourth-order valence-electron chi connectivity index (χ4n) is 3.71. The van der Waals surface area contributed by atoms with Gasteiger partial charge in [-0.05, 0) is 38.5 Å². The van der Waals surface area contributed by atoms with Crippen LogP contribution in [0, 0.1) is 6.92 Å². The van der Waals surface area contributed by atoms with Crippen molar-refractivity contribution in [3.63, 3.8) is 0 Å². The van der Waals surface area contributed by atoms with Crippen LogP contribution in [0.15, 0.2) is 30.6 Å². The zero-order valence-electron chi connectivity index (χ0n) is 18.1. The van der Waals surface area contributed by atoms with Crippen molar-refractivity contribution in [2.75, 3.05) is 37.0 Å². The van der Waals surface area contributed by atoms with Crippen LogP contribution in [0.5, 0.6) is 5.88 Å². The lowest BCUT2D eigenvalue weighted by Gasteiger charge is -2.22. The molecule has 11 heteroatoms. The first kappa shape index (κ1) is 21.3. The SMILES string of the molecule is CCOc1nc(N2CCC(N(C)C(=O)O)C2)ncc1C(=O)Nc1ccn2nc(C)cc2c1. The second-order valence-corrected chi connectivity index (χ2v) is 7.63. The standard InChI is InChI=1S/C21H25N7O4/c1-4-32-19-17(18(29)23-14-5-8-28-16(10-14)9-13(2)25-28)11-22-20(24-19)27-7-6-15(12-27)26(3)21(30)31/h5,8-11,15H,4,6-7,12H2,1-3H3,(H,23,29)(H,30,31). The fraction of sp³-hybridized carbons (Fsp3) is 0.381. The second kappa shape index (κ2) is 8.69. The molecule has 4 rings (SSSR count). The van der Waals surface area contributed by atoms with Crippen LogP contribution >= 0.6 is 0 Å². The minimum absolute atomic E-state index is 0.142. The molecule has 1 saturated heterocycles. The lowest BCUT2D eigenvalue weighted by atomic mass is 10.2. The zero-order valence-corrected chi connectivity index (χ0v) is 18.1. The normalized spacial score (nSPS) is 15.7. The van der Waals surface area contributed by atoms with Gasteiger partial charge in [-0.25, -0.2) is 14.3 Å². The van der Waals surface area contributed by atoms with Crippen LogP contribution in [0.1, 0.15) is 29.4 Å². The molecular formula is C21H25N7O4. The third kappa shape index (κ3) is 4.27. The van der Waals surface area contributed by atoms with Crippen LogP contribution in [0.4, 0.5) is 16.4 Å². The zero-order chi connectivity index (χ0) is 22.8. The van der Waals surface area contributed by atoms with E-state index in [-0.39, 0.29) is 23.4 Å². The lowest BCUT2D eigenvalue weighted by Crippen LogP contribution is -2.38. The third-order valence-corrected chi connectivity index (χ3v) is 5.41. The number of carboxylic acid groups (broad SMARTS) is 1. The number of nitrogens with one attached hydrogen (secondary N) is 1. The highest BCUT2D eigenvalue weighted by Gasteiger charge is 2.30. The lowest BCUT2D eigenvalue weighted by molar-refractivity contribution is 0.102. The van der Waals surface area contributed by atoms with Gasteiger partial charge in [-0.1, -0.05) is 0 Å². The minimum Gasteiger partial charge on any atom is -0.477 e. The van der Waals surface area contributed by atoms with E-state index in [1.165, 1.54) is 11.1 Å². The van der Waals surface area contributed by atoms with E-state index in [0.717, 1.165) is 11.2 Å². The van der Waals surface area contributed by atoms with E-state index in [0.29, 0.717) is 37.8 Å². The van der Waals surface area contributed by atoms with Crippen LogP contribution in [0.2, 0.25) is 0 Å². The van der Waals surface area contributed by atoms with Crippen molar-refractivity contribution in [3.05, 3.63) is 41.9 Å². The number of aromatic nitrogens is 4. The van der Waals surface area contributed by atoms with Gasteiger partial charge in [0.15, 0.2) is 0 Å². The fourth-order valence-corrected chi connectivity index (χ4v) is 3.71. The number of carbonyl (C=O) groups excluding carboxylic acids is 1. The molecule has 0 radical (unpaired) electrons. The third-order valence-electron chi connectivity index (χ3n) is 5.41. The van der Waals surface area contributed by atoms with Crippen molar-refractivity contribution in [1.82, 2.24) is 24.5 Å². The highest BCUT2D eigenvalue weighted by atomic mass is 16.5. The molecule has 0 spiro atoms. The van der Waals surface area contributed by atoms with Crippen LogP contribution < -0.4 is 15.0 Å². The summed E-state index contributed by atoms with van der Waals surface area (Å²) in [4.78, 5) is 36.1. The average molecular weight is 439 g/mol. The van der Waals surface area contributed by atoms with Gasteiger partial charge in [0.05, 0.1) is 23.9 Å². The molecule has 4 heterocycles. The van der Waals surface area contributed by atoms with Crippen molar-refractivity contribution in [2.45, 2.75) is 26.3 Å². The van der Waals surface area contributed by atoms with E-state index in [9.17, 15) is 14.7 Å². The molecule has 1 aliphatic rings. The monoisotopic (exact) mass is 439 g/mol. The number of aryl methyl sites for hydroxylation is 1. The number of anilines is 2. The van der Waals surface area contributed by atoms with Crippen molar-refractivity contribution in [2.24, 2.45) is 0 Å². The van der Waals surface area contributed by atoms with Crippen LogP contribution in [-0.2, 0) is 0 Å². The molecule has 1 fully saturated rings. The minimum atomic E-state index is -0.968. The van der Waals surface area contributed by atoms with Gasteiger partial charge in [0, 0.05) is 38.2 Å². The molecule has 0 saturated carbocycles. The van der Waals surface area contributed by atoms with Crippen molar-refractivity contribution < 1.29 is 19.4 Å². The van der Waals surface area contributed by atoms with Crippen LogP contribution in [0.3, 0.4) is 0 Å². The summed E-state index contributed by atoms with van der Waals surface area (Å²) in [5, 5.41) is 16.4. The maximum atomic E-state index is 12.9. The largest absolute Gasteiger partial charge is 0.477 e. The summed E-state index contributed by atoms with van der Waals surface area (Å²) >= 11 is 0. The Bertz CT molecular complexity index is 1160. The molecule has 0 aromatic carbocycles. The molecule has 11 nitrogen and oxygen atoms in total. The predicted molar refractivity (Wildman–Crippen MR) is 117 cm³/mol. The van der Waals surface area contributed by atoms with Gasteiger partial charge in [-0.2, -0.15) is 10.1 Å². The molecule has 2 amide bonds. The Morgan fingerprint density at radius 2 is 2.19 bits per heavy atom. The molecule has 1 aliphatic heterocycles. The first-order valence-electron chi connectivity index (χ1n) is 10.3. The quantitative estimate of drug-likeness (QED) is 0.599. The Labute approximate surface area is 184 Å². The molecule has 3 aromatic rings. The molecule has 0 bridgehead atoms. The molecule has 3 aromatic heterocycles. The molecule has 0 aliphatic carbocycles. The number of amides is 2. The van der Waals surface area contributed by atoms with Crippen molar-refractivity contribution in [3.8, 4) is 5.88 Å². The Hall–Kier alpha value is -3.89. The number of pyridine rings is 1. The number of likely N-dealkylation sites (N-methyl/N-ethyl adjacent to an activating group) is 1. The highest BCUT2D eigenvalue weighted by Crippen LogP contribution is 2.24. The second-order valence-electron chi connectivity index (χ2n) is 7.63. The summed E-state index contributed by atoms with van der Waals surface area (Å²) in [5.41, 5.74) is 2.59. The van der Waals surface area contributed by atoms with Crippen molar-refractivity contribution in [1.29, 1.82) is 0 Å². The van der Waals surface area contributed by atoms with E-state index in [2.05, 4.69) is 20.4 Å². The summed E-state index contributed by atoms with van der Waals surface area (Å²) in [7, 11) is 1.55. The summed E-state index contributed by atoms with van der Waals surface area (Å²) in [5.74, 6) is 0.208. The van der Waals surface area contributed by atoms with Gasteiger partial charge in [0.25, 0.3) is 5.91 Å². The van der Waals surface area contributed by atoms with E-state index in [1.54, 1.807) is 23.8 Å². The van der Waals surface area contributed by atoms with E-state index in [1.807, 2.05) is 30.9 Å². The van der Waals surface area contributed by atoms with Crippen molar-refractivity contribution >= 4 is 29.2 Å². The van der Waals surface area contributed by atoms with Gasteiger partial charge in [0.1, 0.15) is 5.56 Å². The molecule has 168 valence electrons. The summed E-state index contributed by atoms with van der Waals surface area (Å²) < 4.78 is 7.36. The number of hydrogen-bond acceptors (Lipinski definition) is 7. The number of ether oxygens (including phenoxy) is 1. The first-order valence-corrected chi connectivity index (χ1v) is 10.3. The molecule has 32 heavy (non-hydrogen) atoms. The summed E-state index contributed by atoms with van der Waals surface area (Å²) in [6, 6.07) is 5.37. The number of carbonyl (C=O) groups is 2. The highest BCUT2D eigenvalue weighted by molar-refractivity contribution is 6.05. The molecule has 1 unspecified atom stereocenters. The number of nitrogens with zero attached hydrogens (tertiary/aromatic N) is 6. The van der Waals surface area contributed by atoms with Gasteiger partial charge in [0.2, 0.25) is 11.8 Å². The Morgan fingerprint density at radius 3 is 2.94 bits per heavy atom. The summed E-state index contributed by atoms with van der Waals surface area (Å²) in [6.45, 7) is 5.14. The van der Waals surface area contributed by atoms with Crippen LogP contribution in [0.25, 0.3) is 5.52 Å². The summed E-state index contributed by atoms with van der Waals surface area (Å²) in [6.07, 6.45) is 2.93. The van der Waals surface area contributed by atoms with E-state index in [4.69, 9.17) is 4.74 Å². The number of hydrogen-bond donors (Lipinski definition) is 2. The molecule has 2 N–H and O–H groups in total. The maximum Gasteiger partial charge on any atom is 0.407 e. The van der Waals surface area contributed by atoms with Gasteiger partial charge in [-0.3, -0.25) is 4.79 Å².